The Balaban J connectivity index is 1.67. The van der Waals surface area contributed by atoms with Crippen molar-refractivity contribution in [1.82, 2.24) is 0 Å². The van der Waals surface area contributed by atoms with Gasteiger partial charge >= 0.3 is 5.97 Å². The highest BCUT2D eigenvalue weighted by Gasteiger charge is 2.28. The van der Waals surface area contributed by atoms with Crippen molar-refractivity contribution in [3.63, 3.8) is 0 Å². The van der Waals surface area contributed by atoms with E-state index in [4.69, 9.17) is 0 Å². The van der Waals surface area contributed by atoms with Crippen LogP contribution in [0.3, 0.4) is 0 Å². The number of carboxylic acids is 1. The van der Waals surface area contributed by atoms with Crippen LogP contribution in [0.15, 0.2) is 84.9 Å². The second-order valence-electron chi connectivity index (χ2n) is 8.52. The first-order chi connectivity index (χ1) is 15.2. The lowest BCUT2D eigenvalue weighted by atomic mass is 9.74. The lowest BCUT2D eigenvalue weighted by Crippen LogP contribution is -2.15. The predicted octanol–water partition coefficient (Wildman–Crippen LogP) is 7.31. The van der Waals surface area contributed by atoms with E-state index in [-0.39, 0.29) is 5.92 Å². The Bertz CT molecular complexity index is 1500. The lowest BCUT2D eigenvalue weighted by Gasteiger charge is -2.29. The van der Waals surface area contributed by atoms with Crippen LogP contribution in [-0.2, 0) is 6.42 Å². The zero-order valence-electron chi connectivity index (χ0n) is 17.1. The molecule has 0 aliphatic heterocycles. The van der Waals surface area contributed by atoms with Crippen molar-refractivity contribution in [2.75, 3.05) is 0 Å². The number of carbonyl (C=O) groups is 1. The molecular formula is C29H22O2. The van der Waals surface area contributed by atoms with Crippen LogP contribution in [-0.4, -0.2) is 11.1 Å². The fraction of sp³-hybridized carbons (Fsp3) is 0.138. The summed E-state index contributed by atoms with van der Waals surface area (Å²) in [4.78, 5) is 12.4. The third-order valence-corrected chi connectivity index (χ3v) is 6.90. The van der Waals surface area contributed by atoms with Gasteiger partial charge in [-0.1, -0.05) is 84.9 Å². The third-order valence-electron chi connectivity index (χ3n) is 6.90. The van der Waals surface area contributed by atoms with Gasteiger partial charge in [-0.3, -0.25) is 0 Å². The number of carboxylic acid groups (broad SMARTS) is 1. The van der Waals surface area contributed by atoms with Gasteiger partial charge in [0.1, 0.15) is 0 Å². The molecule has 2 heteroatoms. The monoisotopic (exact) mass is 402 g/mol. The minimum absolute atomic E-state index is 0.0873. The first-order valence-electron chi connectivity index (χ1n) is 10.9. The molecule has 0 spiro atoms. The molecule has 2 nitrogen and oxygen atoms in total. The SMILES string of the molecule is O=C(O)c1c(C2CCCc3ccc4c(ccc5ccccc54)c32)ccc2ccccc12. The van der Waals surface area contributed by atoms with Crippen LogP contribution < -0.4 is 0 Å². The Morgan fingerprint density at radius 2 is 1.39 bits per heavy atom. The summed E-state index contributed by atoms with van der Waals surface area (Å²) in [5.41, 5.74) is 4.05. The molecule has 31 heavy (non-hydrogen) atoms. The fourth-order valence-corrected chi connectivity index (χ4v) is 5.56. The normalized spacial score (nSPS) is 15.9. The van der Waals surface area contributed by atoms with Gasteiger partial charge < -0.3 is 5.11 Å². The smallest absolute Gasteiger partial charge is 0.336 e. The highest BCUT2D eigenvalue weighted by molar-refractivity contribution is 6.09. The lowest BCUT2D eigenvalue weighted by molar-refractivity contribution is 0.0697. The standard InChI is InChI=1S/C29H22O2/c30-29(31)28-22-10-4-2-7-19(22)13-17-26(28)24-11-5-8-20-14-15-23-21-9-3-1-6-18(21)12-16-25(23)27(20)24/h1-4,6-7,9-10,12-17,24H,5,8,11H2,(H,30,31). The van der Waals surface area contributed by atoms with Crippen LogP contribution in [0.2, 0.25) is 0 Å². The molecule has 1 N–H and O–H groups in total. The third kappa shape index (κ3) is 2.75. The van der Waals surface area contributed by atoms with Crippen LogP contribution in [0.5, 0.6) is 0 Å². The molecule has 150 valence electrons. The number of hydrogen-bond donors (Lipinski definition) is 1. The van der Waals surface area contributed by atoms with E-state index in [1.54, 1.807) is 0 Å². The molecule has 0 bridgehead atoms. The van der Waals surface area contributed by atoms with Crippen molar-refractivity contribution < 1.29 is 9.90 Å². The molecule has 0 heterocycles. The van der Waals surface area contributed by atoms with Crippen molar-refractivity contribution in [3.05, 3.63) is 107 Å². The molecule has 0 saturated carbocycles. The molecule has 5 aromatic carbocycles. The van der Waals surface area contributed by atoms with E-state index >= 15 is 0 Å². The van der Waals surface area contributed by atoms with Crippen molar-refractivity contribution in [2.45, 2.75) is 25.2 Å². The molecule has 1 atom stereocenters. The fourth-order valence-electron chi connectivity index (χ4n) is 5.56. The quantitative estimate of drug-likeness (QED) is 0.314. The predicted molar refractivity (Wildman–Crippen MR) is 127 cm³/mol. The number of rotatable bonds is 2. The number of benzene rings is 5. The minimum Gasteiger partial charge on any atom is -0.478 e. The van der Waals surface area contributed by atoms with Crippen LogP contribution in [0, 0.1) is 0 Å². The Morgan fingerprint density at radius 1 is 0.710 bits per heavy atom. The highest BCUT2D eigenvalue weighted by atomic mass is 16.4. The Labute approximate surface area is 180 Å². The summed E-state index contributed by atoms with van der Waals surface area (Å²) in [5, 5.41) is 17.0. The molecule has 0 amide bonds. The Kier molecular flexibility index (Phi) is 4.07. The van der Waals surface area contributed by atoms with Crippen LogP contribution in [0.25, 0.3) is 32.3 Å². The van der Waals surface area contributed by atoms with E-state index in [1.807, 2.05) is 30.3 Å². The zero-order valence-corrected chi connectivity index (χ0v) is 17.1. The maximum atomic E-state index is 12.4. The summed E-state index contributed by atoms with van der Waals surface area (Å²) in [5.74, 6) is -0.756. The topological polar surface area (TPSA) is 37.3 Å². The summed E-state index contributed by atoms with van der Waals surface area (Å²) < 4.78 is 0. The van der Waals surface area contributed by atoms with Crippen LogP contribution in [0.4, 0.5) is 0 Å². The Hall–Kier alpha value is -3.65. The van der Waals surface area contributed by atoms with E-state index in [2.05, 4.69) is 54.6 Å². The zero-order chi connectivity index (χ0) is 20.9. The maximum absolute atomic E-state index is 12.4. The molecular weight excluding hydrogens is 380 g/mol. The number of aryl methyl sites for hydroxylation is 1. The van der Waals surface area contributed by atoms with Crippen molar-refractivity contribution in [3.8, 4) is 0 Å². The Morgan fingerprint density at radius 3 is 2.19 bits per heavy atom. The van der Waals surface area contributed by atoms with Gasteiger partial charge in [-0.15, -0.1) is 0 Å². The molecule has 0 fully saturated rings. The molecule has 6 rings (SSSR count). The van der Waals surface area contributed by atoms with Crippen molar-refractivity contribution in [2.24, 2.45) is 0 Å². The second kappa shape index (κ2) is 6.95. The molecule has 0 radical (unpaired) electrons. The maximum Gasteiger partial charge on any atom is 0.336 e. The summed E-state index contributed by atoms with van der Waals surface area (Å²) in [6.45, 7) is 0. The van der Waals surface area contributed by atoms with Gasteiger partial charge in [0.15, 0.2) is 0 Å². The van der Waals surface area contributed by atoms with Gasteiger partial charge in [0, 0.05) is 5.92 Å². The summed E-state index contributed by atoms with van der Waals surface area (Å²) >= 11 is 0. The number of fused-ring (bicyclic) bond motifs is 6. The van der Waals surface area contributed by atoms with E-state index < -0.39 is 5.97 Å². The van der Waals surface area contributed by atoms with E-state index in [0.29, 0.717) is 5.56 Å². The number of hydrogen-bond acceptors (Lipinski definition) is 1. The van der Waals surface area contributed by atoms with Gasteiger partial charge in [0.05, 0.1) is 5.56 Å². The summed E-state index contributed by atoms with van der Waals surface area (Å²) in [7, 11) is 0. The molecule has 1 aliphatic carbocycles. The van der Waals surface area contributed by atoms with Crippen molar-refractivity contribution >= 4 is 38.3 Å². The van der Waals surface area contributed by atoms with E-state index in [1.165, 1.54) is 32.7 Å². The first-order valence-corrected chi connectivity index (χ1v) is 10.9. The van der Waals surface area contributed by atoms with Crippen molar-refractivity contribution in [1.29, 1.82) is 0 Å². The van der Waals surface area contributed by atoms with Crippen LogP contribution in [0.1, 0.15) is 45.8 Å². The minimum atomic E-state index is -0.843. The summed E-state index contributed by atoms with van der Waals surface area (Å²) in [6.07, 6.45) is 3.09. The van der Waals surface area contributed by atoms with E-state index in [9.17, 15) is 9.90 Å². The molecule has 5 aromatic rings. The van der Waals surface area contributed by atoms with Gasteiger partial charge in [-0.2, -0.15) is 0 Å². The first kappa shape index (κ1) is 18.1. The summed E-state index contributed by atoms with van der Waals surface area (Å²) in [6, 6.07) is 29.4. The largest absolute Gasteiger partial charge is 0.478 e. The van der Waals surface area contributed by atoms with Gasteiger partial charge in [0.2, 0.25) is 0 Å². The average molecular weight is 402 g/mol. The average Bonchev–Trinajstić information content (AvgIpc) is 2.82. The highest BCUT2D eigenvalue weighted by Crippen LogP contribution is 2.44. The molecule has 0 saturated heterocycles. The van der Waals surface area contributed by atoms with Gasteiger partial charge in [0.25, 0.3) is 0 Å². The molecule has 1 unspecified atom stereocenters. The molecule has 0 aromatic heterocycles. The van der Waals surface area contributed by atoms with Gasteiger partial charge in [-0.25, -0.2) is 4.79 Å². The molecule has 1 aliphatic rings. The van der Waals surface area contributed by atoms with Gasteiger partial charge in [-0.05, 0) is 68.3 Å². The van der Waals surface area contributed by atoms with Crippen LogP contribution >= 0.6 is 0 Å². The number of aromatic carboxylic acids is 1. The second-order valence-corrected chi connectivity index (χ2v) is 8.52. The van der Waals surface area contributed by atoms with E-state index in [0.717, 1.165) is 35.6 Å².